The molecule has 1 aromatic rings. The van der Waals surface area contributed by atoms with Crippen LogP contribution in [0.5, 0.6) is 0 Å². The van der Waals surface area contributed by atoms with Crippen molar-refractivity contribution in [2.24, 2.45) is 0 Å². The minimum Gasteiger partial charge on any atom is -0.345 e. The van der Waals surface area contributed by atoms with Crippen LogP contribution in [0.2, 0.25) is 0 Å². The minimum absolute atomic E-state index is 0.0132. The molecule has 1 aromatic heterocycles. The fourth-order valence-electron chi connectivity index (χ4n) is 1.81. The van der Waals surface area contributed by atoms with Crippen LogP contribution in [0, 0.1) is 13.8 Å². The van der Waals surface area contributed by atoms with Crippen molar-refractivity contribution >= 4 is 15.7 Å². The summed E-state index contributed by atoms with van der Waals surface area (Å²) in [7, 11) is -3.23. The number of aromatic nitrogens is 1. The Morgan fingerprint density at radius 1 is 1.42 bits per heavy atom. The highest BCUT2D eigenvalue weighted by atomic mass is 32.2. The van der Waals surface area contributed by atoms with E-state index >= 15 is 0 Å². The van der Waals surface area contributed by atoms with Gasteiger partial charge in [0.25, 0.3) is 11.5 Å². The average Bonchev–Trinajstić information content (AvgIpc) is 2.63. The smallest absolute Gasteiger partial charge is 0.261 e. The quantitative estimate of drug-likeness (QED) is 0.800. The van der Waals surface area contributed by atoms with Crippen LogP contribution in [-0.2, 0) is 9.84 Å². The van der Waals surface area contributed by atoms with Crippen molar-refractivity contribution in [3.05, 3.63) is 44.7 Å². The van der Waals surface area contributed by atoms with Crippen LogP contribution in [0.15, 0.2) is 22.3 Å². The van der Waals surface area contributed by atoms with Crippen LogP contribution in [0.1, 0.15) is 21.6 Å². The van der Waals surface area contributed by atoms with Crippen LogP contribution in [-0.4, -0.2) is 31.1 Å². The van der Waals surface area contributed by atoms with Gasteiger partial charge in [-0.3, -0.25) is 9.59 Å². The first-order chi connectivity index (χ1) is 8.78. The molecule has 0 spiro atoms. The molecule has 102 valence electrons. The van der Waals surface area contributed by atoms with Crippen LogP contribution in [0.25, 0.3) is 0 Å². The zero-order chi connectivity index (χ0) is 14.2. The molecule has 1 atom stereocenters. The van der Waals surface area contributed by atoms with Gasteiger partial charge < -0.3 is 10.3 Å². The molecular weight excluding hydrogens is 268 g/mol. The normalized spacial score (nSPS) is 20.4. The maximum atomic E-state index is 11.9. The predicted molar refractivity (Wildman–Crippen MR) is 70.7 cm³/mol. The fraction of sp³-hybridized carbons (Fsp3) is 0.333. The number of sulfone groups is 1. The second-order valence-corrected chi connectivity index (χ2v) is 6.49. The largest absolute Gasteiger partial charge is 0.345 e. The van der Waals surface area contributed by atoms with Crippen LogP contribution >= 0.6 is 0 Å². The second-order valence-electron chi connectivity index (χ2n) is 4.56. The molecule has 19 heavy (non-hydrogen) atoms. The lowest BCUT2D eigenvalue weighted by atomic mass is 10.1. The molecule has 2 heterocycles. The molecule has 0 aromatic carbocycles. The van der Waals surface area contributed by atoms with Crippen molar-refractivity contribution in [1.82, 2.24) is 10.3 Å². The van der Waals surface area contributed by atoms with Gasteiger partial charge in [-0.2, -0.15) is 0 Å². The Morgan fingerprint density at radius 2 is 2.11 bits per heavy atom. The number of nitrogens with one attached hydrogen (secondary N) is 2. The van der Waals surface area contributed by atoms with E-state index in [0.717, 1.165) is 11.0 Å². The molecule has 0 aliphatic carbocycles. The molecule has 6 nitrogen and oxygen atoms in total. The third kappa shape index (κ3) is 2.93. The van der Waals surface area contributed by atoms with Gasteiger partial charge in [0.15, 0.2) is 9.84 Å². The van der Waals surface area contributed by atoms with Gasteiger partial charge in [0.2, 0.25) is 0 Å². The first-order valence-electron chi connectivity index (χ1n) is 5.71. The number of carbonyl (C=O) groups is 1. The average molecular weight is 282 g/mol. The van der Waals surface area contributed by atoms with Crippen molar-refractivity contribution in [1.29, 1.82) is 0 Å². The van der Waals surface area contributed by atoms with Gasteiger partial charge in [0.05, 0.1) is 11.8 Å². The molecule has 0 unspecified atom stereocenters. The number of amides is 1. The Morgan fingerprint density at radius 3 is 2.68 bits per heavy atom. The molecule has 1 aliphatic heterocycles. The Balaban J connectivity index is 2.20. The molecule has 1 amide bonds. The molecule has 0 saturated heterocycles. The van der Waals surface area contributed by atoms with E-state index in [1.807, 2.05) is 0 Å². The highest BCUT2D eigenvalue weighted by Gasteiger charge is 2.24. The maximum Gasteiger partial charge on any atom is 0.261 e. The molecule has 0 saturated carbocycles. The van der Waals surface area contributed by atoms with Crippen LogP contribution in [0.4, 0.5) is 0 Å². The summed E-state index contributed by atoms with van der Waals surface area (Å²) in [6.07, 6.45) is 1.41. The van der Waals surface area contributed by atoms with Crippen molar-refractivity contribution in [3.63, 3.8) is 0 Å². The summed E-state index contributed by atoms with van der Waals surface area (Å²) in [4.78, 5) is 26.2. The molecule has 7 heteroatoms. The van der Waals surface area contributed by atoms with Gasteiger partial charge in [-0.1, -0.05) is 0 Å². The summed E-state index contributed by atoms with van der Waals surface area (Å²) in [5.41, 5.74) is 0.996. The summed E-state index contributed by atoms with van der Waals surface area (Å²) in [5.74, 6) is -0.738. The Kier molecular flexibility index (Phi) is 3.32. The highest BCUT2D eigenvalue weighted by molar-refractivity contribution is 7.94. The lowest BCUT2D eigenvalue weighted by Crippen LogP contribution is -2.38. The SMILES string of the molecule is Cc1cc(C(=O)N[C@@H]2C=CS(=O)(=O)C2)c(=O)[nH]c1C. The summed E-state index contributed by atoms with van der Waals surface area (Å²) >= 11 is 0. The van der Waals surface area contributed by atoms with Gasteiger partial charge in [-0.15, -0.1) is 0 Å². The van der Waals surface area contributed by atoms with Crippen LogP contribution in [0.3, 0.4) is 0 Å². The number of H-pyrrole nitrogens is 1. The van der Waals surface area contributed by atoms with Gasteiger partial charge in [0.1, 0.15) is 5.56 Å². The van der Waals surface area contributed by atoms with E-state index in [2.05, 4.69) is 10.3 Å². The molecule has 0 radical (unpaired) electrons. The highest BCUT2D eigenvalue weighted by Crippen LogP contribution is 2.09. The first kappa shape index (κ1) is 13.5. The standard InChI is InChI=1S/C12H14N2O4S/c1-7-5-10(11(15)13-8(7)2)12(16)14-9-3-4-19(17,18)6-9/h3-5,9H,6H2,1-2H3,(H,13,15)(H,14,16)/t9-/m1/s1. The van der Waals surface area contributed by atoms with Crippen molar-refractivity contribution < 1.29 is 13.2 Å². The van der Waals surface area contributed by atoms with Gasteiger partial charge in [-0.25, -0.2) is 8.42 Å². The van der Waals surface area contributed by atoms with Crippen molar-refractivity contribution in [2.45, 2.75) is 19.9 Å². The Hall–Kier alpha value is -1.89. The van der Waals surface area contributed by atoms with Crippen molar-refractivity contribution in [2.75, 3.05) is 5.75 Å². The van der Waals surface area contributed by atoms with Crippen LogP contribution < -0.4 is 10.9 Å². The Bertz CT molecular complexity index is 716. The van der Waals surface area contributed by atoms with E-state index in [0.29, 0.717) is 5.69 Å². The summed E-state index contributed by atoms with van der Waals surface area (Å²) < 4.78 is 22.4. The van der Waals surface area contributed by atoms with E-state index in [9.17, 15) is 18.0 Å². The zero-order valence-electron chi connectivity index (χ0n) is 10.6. The molecule has 0 bridgehead atoms. The Labute approximate surface area is 110 Å². The molecular formula is C12H14N2O4S. The number of hydrogen-bond acceptors (Lipinski definition) is 4. The number of aromatic amines is 1. The van der Waals surface area contributed by atoms with Gasteiger partial charge >= 0.3 is 0 Å². The topological polar surface area (TPSA) is 96.1 Å². The zero-order valence-corrected chi connectivity index (χ0v) is 11.4. The van der Waals surface area contributed by atoms with Crippen molar-refractivity contribution in [3.8, 4) is 0 Å². The molecule has 2 N–H and O–H groups in total. The third-order valence-electron chi connectivity index (χ3n) is 2.99. The summed E-state index contributed by atoms with van der Waals surface area (Å²) in [5, 5.41) is 3.59. The van der Waals surface area contributed by atoms with E-state index in [1.54, 1.807) is 13.8 Å². The number of rotatable bonds is 2. The molecule has 1 aliphatic rings. The van der Waals surface area contributed by atoms with E-state index in [1.165, 1.54) is 12.1 Å². The minimum atomic E-state index is -3.23. The lowest BCUT2D eigenvalue weighted by Gasteiger charge is -2.10. The fourth-order valence-corrected chi connectivity index (χ4v) is 3.04. The third-order valence-corrected chi connectivity index (χ3v) is 4.38. The summed E-state index contributed by atoms with van der Waals surface area (Å²) in [6, 6.07) is 0.912. The number of aryl methyl sites for hydroxylation is 2. The van der Waals surface area contributed by atoms with E-state index < -0.39 is 27.3 Å². The van der Waals surface area contributed by atoms with E-state index in [4.69, 9.17) is 0 Å². The van der Waals surface area contributed by atoms with Gasteiger partial charge in [-0.05, 0) is 31.6 Å². The molecule has 2 rings (SSSR count). The number of carbonyl (C=O) groups excluding carboxylic acids is 1. The second kappa shape index (κ2) is 4.65. The number of pyridine rings is 1. The summed E-state index contributed by atoms with van der Waals surface area (Å²) in [6.45, 7) is 3.52. The van der Waals surface area contributed by atoms with E-state index in [-0.39, 0.29) is 11.3 Å². The maximum absolute atomic E-state index is 11.9. The number of hydrogen-bond donors (Lipinski definition) is 2. The monoisotopic (exact) mass is 282 g/mol. The lowest BCUT2D eigenvalue weighted by molar-refractivity contribution is 0.0946. The predicted octanol–water partition coefficient (Wildman–Crippen LogP) is 0.0322. The van der Waals surface area contributed by atoms with Gasteiger partial charge in [0, 0.05) is 11.1 Å². The molecule has 0 fully saturated rings. The first-order valence-corrected chi connectivity index (χ1v) is 7.42.